The van der Waals surface area contributed by atoms with Crippen LogP contribution in [0.2, 0.25) is 0 Å². The Balaban J connectivity index is 2.20. The van der Waals surface area contributed by atoms with Crippen molar-refractivity contribution in [3.05, 3.63) is 65.7 Å². The number of methoxy groups -OCH3 is 1. The Morgan fingerprint density at radius 3 is 2.24 bits per heavy atom. The molecule has 108 valence electrons. The molecule has 0 saturated heterocycles. The monoisotopic (exact) mass is 280 g/mol. The Kier molecular flexibility index (Phi) is 4.67. The first-order valence-electron chi connectivity index (χ1n) is 6.97. The van der Waals surface area contributed by atoms with E-state index in [0.29, 0.717) is 0 Å². The molecule has 0 unspecified atom stereocenters. The topological polar surface area (TPSA) is 29.5 Å². The molecular weight excluding hydrogens is 260 g/mol. The number of hydrogen-bond acceptors (Lipinski definition) is 2. The molecule has 0 aliphatic carbocycles. The summed E-state index contributed by atoms with van der Waals surface area (Å²) >= 11 is 0. The van der Waals surface area contributed by atoms with Crippen LogP contribution in [0.15, 0.2) is 54.6 Å². The second-order valence-electron chi connectivity index (χ2n) is 5.23. The minimum absolute atomic E-state index is 0.189. The van der Waals surface area contributed by atoms with Gasteiger partial charge < -0.3 is 9.84 Å². The summed E-state index contributed by atoms with van der Waals surface area (Å²) < 4.78 is 5.14. The third-order valence-corrected chi connectivity index (χ3v) is 3.72. The molecule has 2 aromatic rings. The van der Waals surface area contributed by atoms with Gasteiger partial charge in [0.25, 0.3) is 0 Å². The zero-order chi connectivity index (χ0) is 15.3. The van der Waals surface area contributed by atoms with Gasteiger partial charge in [0.05, 0.1) is 13.0 Å². The third kappa shape index (κ3) is 3.65. The summed E-state index contributed by atoms with van der Waals surface area (Å²) in [4.78, 5) is 0. The van der Waals surface area contributed by atoms with Crippen LogP contribution in [0.5, 0.6) is 5.75 Å². The van der Waals surface area contributed by atoms with E-state index in [9.17, 15) is 5.11 Å². The molecule has 0 aromatic heterocycles. The largest absolute Gasteiger partial charge is 0.497 e. The lowest BCUT2D eigenvalue weighted by molar-refractivity contribution is 0.0239. The quantitative estimate of drug-likeness (QED) is 0.871. The minimum Gasteiger partial charge on any atom is -0.497 e. The van der Waals surface area contributed by atoms with E-state index >= 15 is 0 Å². The average Bonchev–Trinajstić information content (AvgIpc) is 2.53. The maximum Gasteiger partial charge on any atom is 0.118 e. The summed E-state index contributed by atoms with van der Waals surface area (Å²) in [6.07, 6.45) is 0. The van der Waals surface area contributed by atoms with E-state index in [2.05, 4.69) is 11.8 Å². The summed E-state index contributed by atoms with van der Waals surface area (Å²) in [5.41, 5.74) is 0.779. The van der Waals surface area contributed by atoms with Gasteiger partial charge in [-0.05, 0) is 43.7 Å². The predicted octanol–water partition coefficient (Wildman–Crippen LogP) is 3.59. The average molecular weight is 280 g/mol. The molecule has 0 amide bonds. The minimum atomic E-state index is -1.01. The molecule has 2 nitrogen and oxygen atoms in total. The van der Waals surface area contributed by atoms with Gasteiger partial charge in [0.1, 0.15) is 11.4 Å². The number of benzene rings is 2. The summed E-state index contributed by atoms with van der Waals surface area (Å²) in [5, 5.41) is 10.8. The molecule has 0 saturated carbocycles. The van der Waals surface area contributed by atoms with Gasteiger partial charge in [0, 0.05) is 5.56 Å². The Bertz CT molecular complexity index is 631. The lowest BCUT2D eigenvalue weighted by atomic mass is 9.84. The molecule has 1 N–H and O–H groups in total. The van der Waals surface area contributed by atoms with E-state index < -0.39 is 5.60 Å². The molecule has 0 heterocycles. The molecular formula is C19H20O2. The fourth-order valence-corrected chi connectivity index (χ4v) is 2.03. The molecule has 2 atom stereocenters. The van der Waals surface area contributed by atoms with Crippen LogP contribution >= 0.6 is 0 Å². The highest BCUT2D eigenvalue weighted by molar-refractivity contribution is 5.36. The SMILES string of the molecule is COc1ccc([C@](C)(O)[C@@H](C)C#Cc2ccccc2)cc1. The fourth-order valence-electron chi connectivity index (χ4n) is 2.03. The van der Waals surface area contributed by atoms with Crippen molar-refractivity contribution in [1.29, 1.82) is 0 Å². The molecule has 0 radical (unpaired) electrons. The van der Waals surface area contributed by atoms with E-state index in [1.54, 1.807) is 14.0 Å². The Hall–Kier alpha value is -2.24. The van der Waals surface area contributed by atoms with Crippen LogP contribution in [-0.2, 0) is 5.60 Å². The first-order chi connectivity index (χ1) is 10.0. The molecule has 0 aliphatic heterocycles. The zero-order valence-corrected chi connectivity index (χ0v) is 12.6. The number of ether oxygens (including phenoxy) is 1. The van der Waals surface area contributed by atoms with Gasteiger partial charge >= 0.3 is 0 Å². The standard InChI is InChI=1S/C19H20O2/c1-15(9-10-16-7-5-4-6-8-16)19(2,20)17-11-13-18(21-3)14-12-17/h4-8,11-15,20H,1-3H3/t15-,19+/m0/s1. The van der Waals surface area contributed by atoms with Crippen LogP contribution in [0.4, 0.5) is 0 Å². The van der Waals surface area contributed by atoms with E-state index in [0.717, 1.165) is 16.9 Å². The Morgan fingerprint density at radius 2 is 1.67 bits per heavy atom. The summed E-state index contributed by atoms with van der Waals surface area (Å²) in [7, 11) is 1.63. The number of hydrogen-bond donors (Lipinski definition) is 1. The lowest BCUT2D eigenvalue weighted by Gasteiger charge is -2.27. The Labute approximate surface area is 126 Å². The predicted molar refractivity (Wildman–Crippen MR) is 85.0 cm³/mol. The second-order valence-corrected chi connectivity index (χ2v) is 5.23. The fraction of sp³-hybridized carbons (Fsp3) is 0.263. The molecule has 21 heavy (non-hydrogen) atoms. The molecule has 0 spiro atoms. The normalized spacial score (nSPS) is 14.5. The van der Waals surface area contributed by atoms with Gasteiger partial charge in [-0.25, -0.2) is 0 Å². The first kappa shape index (κ1) is 15.2. The van der Waals surface area contributed by atoms with Crippen molar-refractivity contribution in [1.82, 2.24) is 0 Å². The molecule has 0 fully saturated rings. The summed E-state index contributed by atoms with van der Waals surface area (Å²) in [6, 6.07) is 17.2. The van der Waals surface area contributed by atoms with Crippen molar-refractivity contribution in [2.75, 3.05) is 7.11 Å². The van der Waals surface area contributed by atoms with Crippen LogP contribution in [-0.4, -0.2) is 12.2 Å². The maximum absolute atomic E-state index is 10.8. The van der Waals surface area contributed by atoms with Crippen molar-refractivity contribution < 1.29 is 9.84 Å². The molecule has 2 heteroatoms. The van der Waals surface area contributed by atoms with E-state index in [1.165, 1.54) is 0 Å². The second kappa shape index (κ2) is 6.47. The summed E-state index contributed by atoms with van der Waals surface area (Å²) in [6.45, 7) is 3.72. The maximum atomic E-state index is 10.8. The van der Waals surface area contributed by atoms with Gasteiger partial charge in [-0.2, -0.15) is 0 Å². The smallest absolute Gasteiger partial charge is 0.118 e. The lowest BCUT2D eigenvalue weighted by Crippen LogP contribution is -2.28. The van der Waals surface area contributed by atoms with Crippen LogP contribution in [0.3, 0.4) is 0 Å². The molecule has 0 bridgehead atoms. The molecule has 2 aromatic carbocycles. The zero-order valence-electron chi connectivity index (χ0n) is 12.6. The van der Waals surface area contributed by atoms with Crippen LogP contribution in [0, 0.1) is 17.8 Å². The third-order valence-electron chi connectivity index (χ3n) is 3.72. The molecule has 2 rings (SSSR count). The van der Waals surface area contributed by atoms with Gasteiger partial charge in [-0.1, -0.05) is 42.2 Å². The highest BCUT2D eigenvalue weighted by Crippen LogP contribution is 2.30. The van der Waals surface area contributed by atoms with Gasteiger partial charge in [0.15, 0.2) is 0 Å². The van der Waals surface area contributed by atoms with Crippen molar-refractivity contribution in [2.45, 2.75) is 19.4 Å². The molecule has 0 aliphatic rings. The van der Waals surface area contributed by atoms with E-state index in [1.807, 2.05) is 61.5 Å². The van der Waals surface area contributed by atoms with Gasteiger partial charge in [-0.3, -0.25) is 0 Å². The highest BCUT2D eigenvalue weighted by atomic mass is 16.5. The van der Waals surface area contributed by atoms with E-state index in [-0.39, 0.29) is 5.92 Å². The first-order valence-corrected chi connectivity index (χ1v) is 6.97. The van der Waals surface area contributed by atoms with Crippen molar-refractivity contribution in [2.24, 2.45) is 5.92 Å². The van der Waals surface area contributed by atoms with E-state index in [4.69, 9.17) is 4.74 Å². The van der Waals surface area contributed by atoms with Gasteiger partial charge in [0.2, 0.25) is 0 Å². The van der Waals surface area contributed by atoms with Crippen LogP contribution < -0.4 is 4.74 Å². The van der Waals surface area contributed by atoms with Crippen molar-refractivity contribution in [3.63, 3.8) is 0 Å². The highest BCUT2D eigenvalue weighted by Gasteiger charge is 2.29. The summed E-state index contributed by atoms with van der Waals surface area (Å²) in [5.74, 6) is 6.83. The van der Waals surface area contributed by atoms with Crippen LogP contribution in [0.1, 0.15) is 25.0 Å². The Morgan fingerprint density at radius 1 is 1.05 bits per heavy atom. The van der Waals surface area contributed by atoms with Crippen molar-refractivity contribution >= 4 is 0 Å². The number of aliphatic hydroxyl groups is 1. The van der Waals surface area contributed by atoms with Crippen LogP contribution in [0.25, 0.3) is 0 Å². The van der Waals surface area contributed by atoms with Crippen molar-refractivity contribution in [3.8, 4) is 17.6 Å². The van der Waals surface area contributed by atoms with Gasteiger partial charge in [-0.15, -0.1) is 0 Å². The number of rotatable bonds is 3.